The molecule has 0 radical (unpaired) electrons. The van der Waals surface area contributed by atoms with Crippen LogP contribution in [0, 0.1) is 23.7 Å². The first-order valence-electron chi connectivity index (χ1n) is 26.7. The van der Waals surface area contributed by atoms with E-state index < -0.39 is 119 Å². The van der Waals surface area contributed by atoms with Gasteiger partial charge in [0.15, 0.2) is 0 Å². The van der Waals surface area contributed by atoms with Gasteiger partial charge in [-0.25, -0.2) is 4.79 Å². The Bertz CT molecular complexity index is 2440. The Morgan fingerprint density at radius 2 is 1.32 bits per heavy atom. The maximum atomic E-state index is 14.8. The number of carboxylic acids is 1. The molecule has 1 saturated heterocycles. The Hall–Kier alpha value is -5.85. The summed E-state index contributed by atoms with van der Waals surface area (Å²) in [5.74, 6) is -8.62. The monoisotopic (exact) mass is 1230 g/mol. The van der Waals surface area contributed by atoms with E-state index in [0.717, 1.165) is 27.5 Å². The van der Waals surface area contributed by atoms with Gasteiger partial charge >= 0.3 is 5.97 Å². The lowest BCUT2D eigenvalue weighted by molar-refractivity contribution is -0.149. The van der Waals surface area contributed by atoms with Crippen LogP contribution in [-0.2, 0) is 68.6 Å². The number of nitrogens with one attached hydrogen (secondary N) is 2. The van der Waals surface area contributed by atoms with Crippen LogP contribution in [0.2, 0.25) is 0 Å². The van der Waals surface area contributed by atoms with Gasteiger partial charge < -0.3 is 44.8 Å². The van der Waals surface area contributed by atoms with Crippen molar-refractivity contribution in [2.75, 3.05) is 61.0 Å². The second-order valence-electron chi connectivity index (χ2n) is 21.1. The molecule has 24 heteroatoms. The van der Waals surface area contributed by atoms with Crippen LogP contribution in [0.5, 0.6) is 0 Å². The molecular formula is C55H78Br2N8O14. The molecule has 10 amide bonds. The molecule has 0 bridgehead atoms. The van der Waals surface area contributed by atoms with Crippen LogP contribution in [0.1, 0.15) is 92.6 Å². The van der Waals surface area contributed by atoms with Gasteiger partial charge in [0.2, 0.25) is 35.4 Å². The summed E-state index contributed by atoms with van der Waals surface area (Å²) in [5.41, 5.74) is 0.740. The minimum absolute atomic E-state index is 0.0458. The highest BCUT2D eigenvalue weighted by atomic mass is 79.9. The number of imide groups is 2. The average molecular weight is 1240 g/mol. The lowest BCUT2D eigenvalue weighted by Crippen LogP contribution is -2.60. The third-order valence-corrected chi connectivity index (χ3v) is 16.3. The topological polar surface area (TPSA) is 270 Å². The lowest BCUT2D eigenvalue weighted by Gasteiger charge is -2.41. The average Bonchev–Trinajstić information content (AvgIpc) is 4.09. The molecule has 0 spiro atoms. The number of nitrogens with zero attached hydrogens (tertiary/aromatic N) is 6. The number of halogens is 2. The zero-order valence-electron chi connectivity index (χ0n) is 47.1. The molecule has 3 heterocycles. The van der Waals surface area contributed by atoms with E-state index in [9.17, 15) is 57.8 Å². The van der Waals surface area contributed by atoms with Crippen molar-refractivity contribution in [1.82, 2.24) is 40.0 Å². The molecule has 1 fully saturated rings. The summed E-state index contributed by atoms with van der Waals surface area (Å²) < 4.78 is 12.0. The zero-order valence-corrected chi connectivity index (χ0v) is 50.2. The number of hydrogen-bond acceptors (Lipinski definition) is 13. The molecule has 1 aromatic carbocycles. The van der Waals surface area contributed by atoms with Crippen molar-refractivity contribution in [1.29, 1.82) is 0 Å². The summed E-state index contributed by atoms with van der Waals surface area (Å²) in [7, 11) is 5.94. The van der Waals surface area contributed by atoms with Gasteiger partial charge in [-0.1, -0.05) is 85.2 Å². The number of rotatable bonds is 30. The van der Waals surface area contributed by atoms with Crippen molar-refractivity contribution in [2.24, 2.45) is 23.7 Å². The molecule has 436 valence electrons. The number of methoxy groups -OCH3 is 2. The van der Waals surface area contributed by atoms with Gasteiger partial charge in [-0.2, -0.15) is 0 Å². The molecule has 3 N–H and O–H groups in total. The van der Waals surface area contributed by atoms with E-state index in [1.165, 1.54) is 36.0 Å². The van der Waals surface area contributed by atoms with Gasteiger partial charge in [0.05, 0.1) is 45.6 Å². The van der Waals surface area contributed by atoms with Gasteiger partial charge in [0.1, 0.15) is 18.1 Å². The Morgan fingerprint density at radius 3 is 1.78 bits per heavy atom. The molecule has 0 saturated carbocycles. The smallest absolute Gasteiger partial charge is 0.326 e. The van der Waals surface area contributed by atoms with E-state index in [1.54, 1.807) is 70.8 Å². The fraction of sp³-hybridized carbons (Fsp3) is 0.618. The Kier molecular flexibility index (Phi) is 25.0. The van der Waals surface area contributed by atoms with Gasteiger partial charge in [-0.05, 0) is 68.0 Å². The number of carbonyl (C=O) groups excluding carboxylic acids is 10. The third-order valence-electron chi connectivity index (χ3n) is 15.1. The highest BCUT2D eigenvalue weighted by Gasteiger charge is 2.44. The van der Waals surface area contributed by atoms with E-state index in [-0.39, 0.29) is 72.7 Å². The van der Waals surface area contributed by atoms with Crippen LogP contribution < -0.4 is 10.6 Å². The van der Waals surface area contributed by atoms with Crippen molar-refractivity contribution < 1.29 is 67.3 Å². The predicted octanol–water partition coefficient (Wildman–Crippen LogP) is 3.25. The first-order valence-corrected chi connectivity index (χ1v) is 28.3. The molecule has 9 atom stereocenters. The van der Waals surface area contributed by atoms with E-state index in [4.69, 9.17) is 9.47 Å². The minimum Gasteiger partial charge on any atom is -0.480 e. The van der Waals surface area contributed by atoms with E-state index in [0.29, 0.717) is 25.8 Å². The maximum Gasteiger partial charge on any atom is 0.326 e. The quantitative estimate of drug-likeness (QED) is 0.0934. The van der Waals surface area contributed by atoms with Gasteiger partial charge in [-0.15, -0.1) is 0 Å². The number of carboxylic acid groups (broad SMARTS) is 1. The second kappa shape index (κ2) is 30.1. The number of likely N-dealkylation sites (N-methyl/N-ethyl adjacent to an activating group) is 2. The van der Waals surface area contributed by atoms with E-state index >= 15 is 0 Å². The molecule has 1 aromatic rings. The minimum atomic E-state index is -1.19. The second-order valence-corrected chi connectivity index (χ2v) is 22.8. The summed E-state index contributed by atoms with van der Waals surface area (Å²) in [6.45, 7) is 12.2. The summed E-state index contributed by atoms with van der Waals surface area (Å²) in [5, 5.41) is 15.5. The molecule has 79 heavy (non-hydrogen) atoms. The van der Waals surface area contributed by atoms with Crippen LogP contribution in [0.25, 0.3) is 0 Å². The first-order chi connectivity index (χ1) is 37.2. The van der Waals surface area contributed by atoms with Crippen molar-refractivity contribution in [2.45, 2.75) is 136 Å². The number of aliphatic carboxylic acids is 1. The molecule has 3 aliphatic rings. The van der Waals surface area contributed by atoms with Crippen molar-refractivity contribution in [3.63, 3.8) is 0 Å². The zero-order chi connectivity index (χ0) is 59.2. The lowest BCUT2D eigenvalue weighted by atomic mass is 9.89. The predicted molar refractivity (Wildman–Crippen MR) is 297 cm³/mol. The highest BCUT2D eigenvalue weighted by Crippen LogP contribution is 2.30. The Labute approximate surface area is 479 Å². The van der Waals surface area contributed by atoms with Crippen LogP contribution >= 0.6 is 31.9 Å². The van der Waals surface area contributed by atoms with E-state index in [2.05, 4.69) is 42.5 Å². The fourth-order valence-corrected chi connectivity index (χ4v) is 11.3. The molecule has 4 rings (SSSR count). The maximum absolute atomic E-state index is 14.8. The summed E-state index contributed by atoms with van der Waals surface area (Å²) in [6, 6.07) is 4.37. The van der Waals surface area contributed by atoms with Gasteiger partial charge in [0.25, 0.3) is 23.6 Å². The number of carbonyl (C=O) groups is 11. The number of hydrogen-bond donors (Lipinski definition) is 3. The standard InChI is InChI=1S/C55H78Br2N8O14/c1-12-33(6)48(40(78-10)30-45(70)63-22-16-19-39(63)49(79-11)34(7)50(71)58-38(55(76)77)27-35-17-14-13-15-18-35)61(9)54(75)46(31(2)3)59-51(72)47(32(4)5)60(8)41(66)20-21-42(67)62(23-25-64-43(68)28-36(56)52(64)73)24-26-65-44(69)29-37(57)53(65)74/h13-15,17-18,28-29,31-34,38-40,46-49H,12,16,19-27,30H2,1-11H3,(H,58,71)(H,59,72)(H,76,77)/t33?,34-,38+,39+,40?,46+,47+,48+,49-/m1/s1. The van der Waals surface area contributed by atoms with Gasteiger partial charge in [0, 0.05) is 92.5 Å². The van der Waals surface area contributed by atoms with Crippen LogP contribution in [0.3, 0.4) is 0 Å². The molecular weight excluding hydrogens is 1160 g/mol. The molecule has 0 aromatic heterocycles. The molecule has 2 unspecified atom stereocenters. The SMILES string of the molecule is CCC(C)[C@@H](C(CC(=O)N1CCC[C@H]1[C@H](OC)[C@@H](C)C(=O)N[C@@H](Cc1ccccc1)C(=O)O)OC)N(C)C(=O)[C@@H](NC(=O)[C@H](C(C)C)N(C)C(=O)CCC(=O)N(CCN1C(=O)C=C(Br)C1=O)CCN1C(=O)C=C(Br)C1=O)C(C)C. The summed E-state index contributed by atoms with van der Waals surface area (Å²) in [6.07, 6.45) is 1.54. The van der Waals surface area contributed by atoms with Gasteiger partial charge in [-0.3, -0.25) is 57.7 Å². The highest BCUT2D eigenvalue weighted by molar-refractivity contribution is 9.12. The number of ether oxygens (including phenoxy) is 2. The van der Waals surface area contributed by atoms with Crippen molar-refractivity contribution in [3.8, 4) is 0 Å². The fourth-order valence-electron chi connectivity index (χ4n) is 10.4. The Balaban J connectivity index is 1.45. The molecule has 0 aliphatic carbocycles. The largest absolute Gasteiger partial charge is 0.480 e. The molecule has 3 aliphatic heterocycles. The molecule has 22 nitrogen and oxygen atoms in total. The summed E-state index contributed by atoms with van der Waals surface area (Å²) in [4.78, 5) is 155. The number of likely N-dealkylation sites (tertiary alicyclic amines) is 1. The van der Waals surface area contributed by atoms with E-state index in [1.807, 2.05) is 19.9 Å². The van der Waals surface area contributed by atoms with Crippen LogP contribution in [0.4, 0.5) is 0 Å². The van der Waals surface area contributed by atoms with Crippen molar-refractivity contribution >= 4 is 96.9 Å². The number of amides is 10. The third kappa shape index (κ3) is 16.9. The normalized spacial score (nSPS) is 18.6. The first kappa shape index (κ1) is 65.7. The Morgan fingerprint density at radius 1 is 0.759 bits per heavy atom. The summed E-state index contributed by atoms with van der Waals surface area (Å²) >= 11 is 6.09. The van der Waals surface area contributed by atoms with Crippen LogP contribution in [0.15, 0.2) is 51.4 Å². The van der Waals surface area contributed by atoms with Crippen molar-refractivity contribution in [3.05, 3.63) is 57.0 Å². The number of benzene rings is 1. The van der Waals surface area contributed by atoms with Crippen LogP contribution in [-0.4, -0.2) is 203 Å².